The Kier molecular flexibility index (Phi) is 5.22. The molecule has 3 aromatic rings. The van der Waals surface area contributed by atoms with Gasteiger partial charge >= 0.3 is 0 Å². The molecule has 6 heteroatoms. The second kappa shape index (κ2) is 7.74. The minimum absolute atomic E-state index is 0.107. The molecule has 1 amide bonds. The molecule has 0 spiro atoms. The summed E-state index contributed by atoms with van der Waals surface area (Å²) < 4.78 is 12.7. The normalized spacial score (nSPS) is 10.4. The molecule has 0 unspecified atom stereocenters. The predicted molar refractivity (Wildman–Crippen MR) is 100 cm³/mol. The van der Waals surface area contributed by atoms with Crippen molar-refractivity contribution in [1.82, 2.24) is 9.78 Å². The van der Waals surface area contributed by atoms with E-state index in [4.69, 9.17) is 9.47 Å². The Hall–Kier alpha value is -3.28. The first-order chi connectivity index (χ1) is 12.6. The van der Waals surface area contributed by atoms with Crippen LogP contribution in [-0.4, -0.2) is 29.4 Å². The van der Waals surface area contributed by atoms with E-state index in [0.717, 1.165) is 16.9 Å². The highest BCUT2D eigenvalue weighted by molar-refractivity contribution is 5.92. The van der Waals surface area contributed by atoms with E-state index in [1.165, 1.54) is 0 Å². The number of carbonyl (C=O) groups is 1. The first-order valence-electron chi connectivity index (χ1n) is 8.25. The number of hydrogen-bond acceptors (Lipinski definition) is 4. The maximum atomic E-state index is 12.2. The van der Waals surface area contributed by atoms with Crippen LogP contribution in [0.5, 0.6) is 11.5 Å². The molecule has 1 N–H and O–H groups in total. The van der Waals surface area contributed by atoms with Crippen molar-refractivity contribution in [2.75, 3.05) is 19.0 Å². The fraction of sp³-hybridized carbons (Fsp3) is 0.200. The zero-order chi connectivity index (χ0) is 18.5. The molecule has 1 heterocycles. The minimum Gasteiger partial charge on any atom is -0.493 e. The van der Waals surface area contributed by atoms with Gasteiger partial charge in [-0.05, 0) is 55.8 Å². The number of amides is 1. The molecule has 0 saturated carbocycles. The summed E-state index contributed by atoms with van der Waals surface area (Å²) in [5.74, 6) is 0.894. The van der Waals surface area contributed by atoms with Crippen LogP contribution >= 0.6 is 0 Å². The highest BCUT2D eigenvalue weighted by atomic mass is 16.5. The van der Waals surface area contributed by atoms with Crippen molar-refractivity contribution in [1.29, 1.82) is 0 Å². The maximum absolute atomic E-state index is 12.2. The van der Waals surface area contributed by atoms with Gasteiger partial charge in [0.05, 0.1) is 12.8 Å². The van der Waals surface area contributed by atoms with Crippen LogP contribution in [0.1, 0.15) is 11.3 Å². The van der Waals surface area contributed by atoms with Crippen LogP contribution in [0.15, 0.2) is 54.7 Å². The van der Waals surface area contributed by atoms with Gasteiger partial charge in [-0.2, -0.15) is 5.10 Å². The van der Waals surface area contributed by atoms with E-state index in [-0.39, 0.29) is 12.5 Å². The molecule has 2 aromatic carbocycles. The number of aryl methyl sites for hydroxylation is 2. The summed E-state index contributed by atoms with van der Waals surface area (Å²) >= 11 is 0. The maximum Gasteiger partial charge on any atom is 0.262 e. The van der Waals surface area contributed by atoms with Crippen LogP contribution in [0, 0.1) is 13.8 Å². The van der Waals surface area contributed by atoms with E-state index in [1.807, 2.05) is 61.0 Å². The number of ether oxygens (including phenoxy) is 2. The van der Waals surface area contributed by atoms with Gasteiger partial charge in [-0.3, -0.25) is 4.79 Å². The first-order valence-corrected chi connectivity index (χ1v) is 8.25. The third-order valence-corrected chi connectivity index (χ3v) is 3.88. The third-order valence-electron chi connectivity index (χ3n) is 3.88. The molecule has 0 aliphatic rings. The Labute approximate surface area is 152 Å². The molecule has 0 radical (unpaired) electrons. The van der Waals surface area contributed by atoms with Gasteiger partial charge in [0, 0.05) is 17.6 Å². The zero-order valence-electron chi connectivity index (χ0n) is 15.0. The number of nitrogens with zero attached hydrogens (tertiary/aromatic N) is 2. The van der Waals surface area contributed by atoms with Crippen molar-refractivity contribution in [3.05, 3.63) is 66.0 Å². The number of nitrogens with one attached hydrogen (secondary N) is 1. The van der Waals surface area contributed by atoms with Crippen LogP contribution in [0.3, 0.4) is 0 Å². The molecule has 6 nitrogen and oxygen atoms in total. The van der Waals surface area contributed by atoms with E-state index < -0.39 is 0 Å². The summed E-state index contributed by atoms with van der Waals surface area (Å²) in [6.45, 7) is 3.83. The van der Waals surface area contributed by atoms with Crippen LogP contribution in [-0.2, 0) is 4.79 Å². The van der Waals surface area contributed by atoms with Crippen molar-refractivity contribution in [2.45, 2.75) is 13.8 Å². The molecule has 0 aliphatic heterocycles. The molecular formula is C20H21N3O3. The molecule has 0 bridgehead atoms. The molecule has 0 atom stereocenters. The molecule has 3 rings (SSSR count). The predicted octanol–water partition coefficient (Wildman–Crippen LogP) is 3.52. The molecule has 0 saturated heterocycles. The van der Waals surface area contributed by atoms with E-state index in [2.05, 4.69) is 10.4 Å². The number of carbonyl (C=O) groups excluding carboxylic acids is 1. The quantitative estimate of drug-likeness (QED) is 0.738. The average Bonchev–Trinajstić information content (AvgIpc) is 3.06. The zero-order valence-corrected chi connectivity index (χ0v) is 15.0. The topological polar surface area (TPSA) is 65.4 Å². The molecule has 134 valence electrons. The van der Waals surface area contributed by atoms with Crippen molar-refractivity contribution in [3.63, 3.8) is 0 Å². The van der Waals surface area contributed by atoms with Gasteiger partial charge in [0.15, 0.2) is 18.1 Å². The smallest absolute Gasteiger partial charge is 0.262 e. The standard InChI is InChI=1S/C20H21N3O3/c1-14-7-8-18(19(11-14)25-3)26-13-20(24)22-16-5-4-6-17(12-16)23-15(2)9-10-21-23/h4-12H,13H2,1-3H3,(H,22,24). The molecule has 26 heavy (non-hydrogen) atoms. The Bertz CT molecular complexity index is 918. The van der Waals surface area contributed by atoms with Gasteiger partial charge in [-0.1, -0.05) is 12.1 Å². The molecule has 1 aromatic heterocycles. The lowest BCUT2D eigenvalue weighted by molar-refractivity contribution is -0.118. The number of methoxy groups -OCH3 is 1. The summed E-state index contributed by atoms with van der Waals surface area (Å²) in [5, 5.41) is 7.11. The Balaban J connectivity index is 1.65. The van der Waals surface area contributed by atoms with E-state index in [9.17, 15) is 4.79 Å². The highest BCUT2D eigenvalue weighted by Gasteiger charge is 2.09. The van der Waals surface area contributed by atoms with Crippen molar-refractivity contribution in [2.24, 2.45) is 0 Å². The summed E-state index contributed by atoms with van der Waals surface area (Å²) in [7, 11) is 1.57. The summed E-state index contributed by atoms with van der Waals surface area (Å²) in [4.78, 5) is 12.2. The van der Waals surface area contributed by atoms with Crippen LogP contribution in [0.2, 0.25) is 0 Å². The summed E-state index contributed by atoms with van der Waals surface area (Å²) in [6, 6.07) is 15.0. The van der Waals surface area contributed by atoms with Crippen molar-refractivity contribution < 1.29 is 14.3 Å². The van der Waals surface area contributed by atoms with Gasteiger partial charge in [-0.25, -0.2) is 4.68 Å². The van der Waals surface area contributed by atoms with Gasteiger partial charge in [0.2, 0.25) is 0 Å². The second-order valence-corrected chi connectivity index (χ2v) is 5.93. The largest absolute Gasteiger partial charge is 0.493 e. The summed E-state index contributed by atoms with van der Waals surface area (Å²) in [5.41, 5.74) is 3.64. The highest BCUT2D eigenvalue weighted by Crippen LogP contribution is 2.27. The number of hydrogen-bond donors (Lipinski definition) is 1. The first kappa shape index (κ1) is 17.5. The van der Waals surface area contributed by atoms with Crippen LogP contribution < -0.4 is 14.8 Å². The van der Waals surface area contributed by atoms with Crippen molar-refractivity contribution >= 4 is 11.6 Å². The van der Waals surface area contributed by atoms with Crippen LogP contribution in [0.25, 0.3) is 5.69 Å². The van der Waals surface area contributed by atoms with E-state index >= 15 is 0 Å². The molecular weight excluding hydrogens is 330 g/mol. The number of anilines is 1. The second-order valence-electron chi connectivity index (χ2n) is 5.93. The number of benzene rings is 2. The Morgan fingerprint density at radius 3 is 2.69 bits per heavy atom. The monoisotopic (exact) mass is 351 g/mol. The Morgan fingerprint density at radius 2 is 1.96 bits per heavy atom. The van der Waals surface area contributed by atoms with Crippen LogP contribution in [0.4, 0.5) is 5.69 Å². The van der Waals surface area contributed by atoms with Gasteiger partial charge in [0.25, 0.3) is 5.91 Å². The fourth-order valence-corrected chi connectivity index (χ4v) is 2.59. The lowest BCUT2D eigenvalue weighted by atomic mass is 10.2. The third kappa shape index (κ3) is 4.03. The average molecular weight is 351 g/mol. The Morgan fingerprint density at radius 1 is 1.12 bits per heavy atom. The number of rotatable bonds is 6. The van der Waals surface area contributed by atoms with Crippen molar-refractivity contribution in [3.8, 4) is 17.2 Å². The fourth-order valence-electron chi connectivity index (χ4n) is 2.59. The van der Waals surface area contributed by atoms with Gasteiger partial charge < -0.3 is 14.8 Å². The van der Waals surface area contributed by atoms with E-state index in [1.54, 1.807) is 19.4 Å². The number of aromatic nitrogens is 2. The van der Waals surface area contributed by atoms with E-state index in [0.29, 0.717) is 17.2 Å². The summed E-state index contributed by atoms with van der Waals surface area (Å²) in [6.07, 6.45) is 1.74. The SMILES string of the molecule is COc1cc(C)ccc1OCC(=O)Nc1cccc(-n2nccc2C)c1. The van der Waals surface area contributed by atoms with Gasteiger partial charge in [0.1, 0.15) is 0 Å². The lowest BCUT2D eigenvalue weighted by Crippen LogP contribution is -2.20. The van der Waals surface area contributed by atoms with Gasteiger partial charge in [-0.15, -0.1) is 0 Å². The molecule has 0 fully saturated rings. The molecule has 0 aliphatic carbocycles. The lowest BCUT2D eigenvalue weighted by Gasteiger charge is -2.12. The minimum atomic E-state index is -0.248.